The number of halogens is 4. The Hall–Kier alpha value is 0.0462. The van der Waals surface area contributed by atoms with E-state index in [0.717, 1.165) is 60.1 Å². The first-order valence-corrected chi connectivity index (χ1v) is 21.7. The van der Waals surface area contributed by atoms with Crippen LogP contribution < -0.4 is 0 Å². The Morgan fingerprint density at radius 1 is 0.625 bits per heavy atom. The molecular weight excluding hydrogens is 645 g/mol. The van der Waals surface area contributed by atoms with Crippen LogP contribution in [-0.4, -0.2) is 24.5 Å². The van der Waals surface area contributed by atoms with Gasteiger partial charge < -0.3 is 25.5 Å². The number of hydrogen-bond acceptors (Lipinski definition) is 2. The molecular formula is C22H24Cl4N4Zr2. The summed E-state index contributed by atoms with van der Waals surface area (Å²) in [6.07, 6.45) is 1.76. The van der Waals surface area contributed by atoms with Gasteiger partial charge in [0.05, 0.1) is 11.4 Å². The Balaban J connectivity index is 0.00000109. The Kier molecular flexibility index (Phi) is 19.4. The first kappa shape index (κ1) is 32.0. The number of para-hydroxylation sites is 2. The molecule has 0 spiro atoms. The third kappa shape index (κ3) is 11.0. The molecule has 0 unspecified atom stereocenters. The van der Waals surface area contributed by atoms with E-state index in [4.69, 9.17) is 44.0 Å². The second-order valence-corrected chi connectivity index (χ2v) is 13.4. The molecule has 0 atom stereocenters. The van der Waals surface area contributed by atoms with Crippen LogP contribution in [-0.2, 0) is 41.7 Å². The molecule has 0 amide bonds. The molecule has 0 bridgehead atoms. The van der Waals surface area contributed by atoms with Crippen LogP contribution in [0.5, 0.6) is 0 Å². The summed E-state index contributed by atoms with van der Waals surface area (Å²) in [5.74, 6) is 0.817. The van der Waals surface area contributed by atoms with E-state index < -0.39 is 41.7 Å². The van der Waals surface area contributed by atoms with Crippen LogP contribution in [0.4, 0.5) is 11.4 Å². The fourth-order valence-corrected chi connectivity index (χ4v) is 2.97. The fourth-order valence-electron chi connectivity index (χ4n) is 2.97. The number of nitrogens with zero attached hydrogens (tertiary/aromatic N) is 4. The molecule has 1 saturated heterocycles. The van der Waals surface area contributed by atoms with Crippen molar-refractivity contribution in [1.29, 1.82) is 0 Å². The van der Waals surface area contributed by atoms with E-state index in [2.05, 4.69) is 10.6 Å². The molecule has 2 fully saturated rings. The zero-order chi connectivity index (χ0) is 21.6. The normalized spacial score (nSPS) is 16.0. The molecule has 1 aliphatic heterocycles. The van der Waals surface area contributed by atoms with Crippen molar-refractivity contribution >= 4 is 56.8 Å². The van der Waals surface area contributed by atoms with Crippen LogP contribution in [0.2, 0.25) is 0 Å². The Labute approximate surface area is 229 Å². The van der Waals surface area contributed by atoms with Crippen molar-refractivity contribution in [3.63, 3.8) is 0 Å². The first-order chi connectivity index (χ1) is 14.7. The molecule has 0 radical (unpaired) electrons. The van der Waals surface area contributed by atoms with Gasteiger partial charge in [0.2, 0.25) is 0 Å². The summed E-state index contributed by atoms with van der Waals surface area (Å²) in [6.45, 7) is 1.52. The summed E-state index contributed by atoms with van der Waals surface area (Å²) in [6, 6.07) is 20.1. The monoisotopic (exact) mass is 664 g/mol. The molecule has 2 aromatic rings. The van der Waals surface area contributed by atoms with Crippen molar-refractivity contribution in [3.8, 4) is 0 Å². The minimum Gasteiger partial charge on any atom is -0.704 e. The number of allylic oxidation sites excluding steroid dienone is 1. The van der Waals surface area contributed by atoms with Crippen LogP contribution in [0.3, 0.4) is 0 Å². The molecule has 4 rings (SSSR count). The quantitative estimate of drug-likeness (QED) is 0.287. The third-order valence-electron chi connectivity index (χ3n) is 4.06. The van der Waals surface area contributed by atoms with Gasteiger partial charge in [-0.15, -0.1) is 13.1 Å². The van der Waals surface area contributed by atoms with Gasteiger partial charge in [-0.2, -0.15) is 0 Å². The van der Waals surface area contributed by atoms with E-state index in [-0.39, 0.29) is 14.9 Å². The number of hydrogen-bond donors (Lipinski definition) is 0. The Bertz CT molecular complexity index is 793. The summed E-state index contributed by atoms with van der Waals surface area (Å²) in [4.78, 5) is 9.67. The summed E-state index contributed by atoms with van der Waals surface area (Å²) in [5.41, 5.74) is 5.04. The summed E-state index contributed by atoms with van der Waals surface area (Å²) < 4.78 is 0. The number of rotatable bonds is 2. The second-order valence-electron chi connectivity index (χ2n) is 5.89. The molecule has 2 aromatic carbocycles. The van der Waals surface area contributed by atoms with E-state index in [0.29, 0.717) is 0 Å². The Morgan fingerprint density at radius 2 is 0.969 bits per heavy atom. The standard InChI is InChI=1S/C20H18N4.2CH3.4ClH.2Zr/c1-3-7-15(8-4-1)23-17-11-12-18(19(17)20-21-13-14-22-20)24-16-9-5-2-6-10-16;;;;;;;;/h1-10H,11-14H2;2*1H3;4*1H;;/q-2;2*-1;;;;;2*+4/p-4. The van der Waals surface area contributed by atoms with Gasteiger partial charge in [-0.1, -0.05) is 36.4 Å². The molecule has 0 aromatic heterocycles. The van der Waals surface area contributed by atoms with E-state index in [1.165, 1.54) is 0 Å². The van der Waals surface area contributed by atoms with E-state index in [1.54, 1.807) is 0 Å². The fraction of sp³-hybridized carbons (Fsp3) is 0.182. The maximum absolute atomic E-state index is 4.93. The molecule has 2 aliphatic rings. The van der Waals surface area contributed by atoms with Crippen molar-refractivity contribution in [2.75, 3.05) is 13.1 Å². The molecule has 168 valence electrons. The van der Waals surface area contributed by atoms with Gasteiger partial charge in [-0.3, -0.25) is 15.8 Å². The maximum Gasteiger partial charge on any atom is 0.0633 e. The van der Waals surface area contributed by atoms with Gasteiger partial charge >= 0.3 is 75.7 Å². The van der Waals surface area contributed by atoms with Crippen molar-refractivity contribution in [2.24, 2.45) is 9.98 Å². The van der Waals surface area contributed by atoms with E-state index >= 15 is 0 Å². The molecule has 10 heteroatoms. The minimum absolute atomic E-state index is 0. The largest absolute Gasteiger partial charge is 0.704 e. The van der Waals surface area contributed by atoms with E-state index in [9.17, 15) is 0 Å². The molecule has 0 N–H and O–H groups in total. The Morgan fingerprint density at radius 3 is 1.31 bits per heavy atom. The van der Waals surface area contributed by atoms with Crippen LogP contribution in [0.1, 0.15) is 12.8 Å². The van der Waals surface area contributed by atoms with Crippen LogP contribution in [0.15, 0.2) is 82.0 Å². The van der Waals surface area contributed by atoms with Gasteiger partial charge in [-0.05, 0) is 42.7 Å². The van der Waals surface area contributed by atoms with Crippen molar-refractivity contribution in [3.05, 3.63) is 97.5 Å². The van der Waals surface area contributed by atoms with Crippen LogP contribution in [0.25, 0.3) is 10.6 Å². The molecule has 1 saturated carbocycles. The third-order valence-corrected chi connectivity index (χ3v) is 4.06. The molecule has 32 heavy (non-hydrogen) atoms. The molecule has 1 heterocycles. The average molecular weight is 669 g/mol. The van der Waals surface area contributed by atoms with Gasteiger partial charge in [-0.25, -0.2) is 0 Å². The molecule has 1 aliphatic carbocycles. The van der Waals surface area contributed by atoms with Gasteiger partial charge in [0.15, 0.2) is 0 Å². The van der Waals surface area contributed by atoms with Gasteiger partial charge in [0.1, 0.15) is 0 Å². The number of benzene rings is 2. The maximum atomic E-state index is 4.93. The summed E-state index contributed by atoms with van der Waals surface area (Å²) in [7, 11) is 19.7. The van der Waals surface area contributed by atoms with Crippen molar-refractivity contribution in [2.45, 2.75) is 12.8 Å². The van der Waals surface area contributed by atoms with Gasteiger partial charge in [0, 0.05) is 11.4 Å². The average Bonchev–Trinajstić information content (AvgIpc) is 3.41. The zero-order valence-corrected chi connectivity index (χ0v) is 25.8. The predicted octanol–water partition coefficient (Wildman–Crippen LogP) is 8.95. The summed E-state index contributed by atoms with van der Waals surface area (Å²) in [5, 5.41) is 9.11. The van der Waals surface area contributed by atoms with Crippen LogP contribution in [0, 0.1) is 14.9 Å². The second kappa shape index (κ2) is 19.4. The minimum atomic E-state index is -0.826. The van der Waals surface area contributed by atoms with Crippen LogP contribution >= 0.6 is 34.1 Å². The zero-order valence-electron chi connectivity index (χ0n) is 17.9. The van der Waals surface area contributed by atoms with E-state index in [1.807, 2.05) is 60.7 Å². The topological polar surface area (TPSA) is 52.9 Å². The number of aliphatic imine (C=N–C) groups is 2. The van der Waals surface area contributed by atoms with Crippen molar-refractivity contribution in [1.82, 2.24) is 0 Å². The predicted molar refractivity (Wildman–Crippen MR) is 136 cm³/mol. The summed E-state index contributed by atoms with van der Waals surface area (Å²) >= 11 is -1.65. The SMILES string of the molecule is [CH3-].[CH3-].[Cl][Zr+2][Cl].[Cl][Zr+2][Cl].c1ccc(N=C2CCC(=Nc3ccccc3)C2=C2[N-]CC[N-]2)cc1. The smallest absolute Gasteiger partial charge is 0.0633 e. The molecule has 4 nitrogen and oxygen atoms in total. The first-order valence-electron chi connectivity index (χ1n) is 9.01. The van der Waals surface area contributed by atoms with Gasteiger partial charge in [0.25, 0.3) is 0 Å². The van der Waals surface area contributed by atoms with Crippen molar-refractivity contribution < 1.29 is 41.7 Å².